The molecule has 0 aromatic carbocycles. The minimum Gasteiger partial charge on any atom is -0.195 e. The smallest absolute Gasteiger partial charge is 0.195 e. The zero-order valence-corrected chi connectivity index (χ0v) is 10.5. The van der Waals surface area contributed by atoms with Gasteiger partial charge >= 0.3 is 0 Å². The number of azide groups is 1. The SMILES string of the molecule is [N-]=[N+]=NC1CCN(S(=O)(=O)N2CCCC2)CC1. The molecule has 0 spiro atoms. The van der Waals surface area contributed by atoms with Gasteiger partial charge < -0.3 is 0 Å². The van der Waals surface area contributed by atoms with Crippen molar-refractivity contribution in [2.75, 3.05) is 26.2 Å². The molecule has 0 bridgehead atoms. The molecule has 0 N–H and O–H groups in total. The molecule has 2 rings (SSSR count). The summed E-state index contributed by atoms with van der Waals surface area (Å²) >= 11 is 0. The Hall–Kier alpha value is -0.820. The first-order valence-corrected chi connectivity index (χ1v) is 7.34. The van der Waals surface area contributed by atoms with E-state index in [0.29, 0.717) is 39.0 Å². The summed E-state index contributed by atoms with van der Waals surface area (Å²) in [6.07, 6.45) is 3.15. The van der Waals surface area contributed by atoms with E-state index in [-0.39, 0.29) is 6.04 Å². The van der Waals surface area contributed by atoms with Crippen molar-refractivity contribution in [1.29, 1.82) is 0 Å². The van der Waals surface area contributed by atoms with Gasteiger partial charge in [-0.2, -0.15) is 17.0 Å². The second kappa shape index (κ2) is 5.22. The summed E-state index contributed by atoms with van der Waals surface area (Å²) in [5.41, 5.74) is 8.34. The first-order valence-electron chi connectivity index (χ1n) is 5.94. The minimum absolute atomic E-state index is 0.0509. The van der Waals surface area contributed by atoms with Crippen LogP contribution in [0, 0.1) is 0 Å². The van der Waals surface area contributed by atoms with Gasteiger partial charge in [-0.05, 0) is 31.2 Å². The Bertz CT molecular complexity index is 403. The van der Waals surface area contributed by atoms with Crippen LogP contribution in [0.3, 0.4) is 0 Å². The highest BCUT2D eigenvalue weighted by molar-refractivity contribution is 7.86. The molecule has 0 aromatic rings. The maximum atomic E-state index is 12.2. The van der Waals surface area contributed by atoms with E-state index in [1.54, 1.807) is 4.31 Å². The normalized spacial score (nSPS) is 24.7. The Morgan fingerprint density at radius 3 is 2.12 bits per heavy atom. The quantitative estimate of drug-likeness (QED) is 0.431. The largest absolute Gasteiger partial charge is 0.281 e. The van der Waals surface area contributed by atoms with E-state index in [1.807, 2.05) is 0 Å². The van der Waals surface area contributed by atoms with Crippen LogP contribution in [0.1, 0.15) is 25.7 Å². The molecule has 2 aliphatic heterocycles. The molecule has 17 heavy (non-hydrogen) atoms. The lowest BCUT2D eigenvalue weighted by Crippen LogP contribution is -2.46. The fourth-order valence-electron chi connectivity index (χ4n) is 2.34. The van der Waals surface area contributed by atoms with Gasteiger partial charge in [0.15, 0.2) is 0 Å². The topological polar surface area (TPSA) is 89.4 Å². The fraction of sp³-hybridized carbons (Fsp3) is 1.00. The van der Waals surface area contributed by atoms with E-state index in [4.69, 9.17) is 5.53 Å². The van der Waals surface area contributed by atoms with Gasteiger partial charge in [-0.25, -0.2) is 0 Å². The number of nitrogens with zero attached hydrogens (tertiary/aromatic N) is 5. The molecule has 8 heteroatoms. The molecule has 7 nitrogen and oxygen atoms in total. The molecule has 0 aromatic heterocycles. The summed E-state index contributed by atoms with van der Waals surface area (Å²) in [5, 5.41) is 3.64. The average molecular weight is 259 g/mol. The van der Waals surface area contributed by atoms with Crippen molar-refractivity contribution >= 4 is 10.2 Å². The van der Waals surface area contributed by atoms with Crippen LogP contribution in [0.5, 0.6) is 0 Å². The summed E-state index contributed by atoms with van der Waals surface area (Å²) in [7, 11) is -3.27. The Labute approximate surface area is 101 Å². The Morgan fingerprint density at radius 1 is 1.06 bits per heavy atom. The number of rotatable bonds is 3. The molecule has 0 atom stereocenters. The molecule has 0 saturated carbocycles. The van der Waals surface area contributed by atoms with Crippen molar-refractivity contribution in [3.8, 4) is 0 Å². The second-order valence-corrected chi connectivity index (χ2v) is 6.38. The lowest BCUT2D eigenvalue weighted by Gasteiger charge is -2.32. The Morgan fingerprint density at radius 2 is 1.59 bits per heavy atom. The summed E-state index contributed by atoms with van der Waals surface area (Å²) in [5.74, 6) is 0. The first-order chi connectivity index (χ1) is 8.14. The Kier molecular flexibility index (Phi) is 3.88. The van der Waals surface area contributed by atoms with Crippen molar-refractivity contribution in [3.63, 3.8) is 0 Å². The van der Waals surface area contributed by atoms with E-state index in [0.717, 1.165) is 12.8 Å². The molecular formula is C9H17N5O2S. The molecule has 0 unspecified atom stereocenters. The lowest BCUT2D eigenvalue weighted by molar-refractivity contribution is 0.296. The monoisotopic (exact) mass is 259 g/mol. The average Bonchev–Trinajstić information content (AvgIpc) is 2.84. The lowest BCUT2D eigenvalue weighted by atomic mass is 10.1. The van der Waals surface area contributed by atoms with E-state index in [9.17, 15) is 8.42 Å². The fourth-order valence-corrected chi connectivity index (χ4v) is 4.06. The van der Waals surface area contributed by atoms with E-state index < -0.39 is 10.2 Å². The van der Waals surface area contributed by atoms with Crippen LogP contribution in [-0.4, -0.2) is 49.2 Å². The number of hydrogen-bond donors (Lipinski definition) is 0. The zero-order chi connectivity index (χ0) is 12.3. The third kappa shape index (κ3) is 2.71. The van der Waals surface area contributed by atoms with Crippen molar-refractivity contribution in [1.82, 2.24) is 8.61 Å². The molecule has 2 heterocycles. The molecule has 2 fully saturated rings. The van der Waals surface area contributed by atoms with E-state index >= 15 is 0 Å². The third-order valence-electron chi connectivity index (χ3n) is 3.36. The first kappa shape index (κ1) is 12.6. The predicted octanol–water partition coefficient (Wildman–Crippen LogP) is 1.10. The van der Waals surface area contributed by atoms with Gasteiger partial charge in [0.25, 0.3) is 10.2 Å². The maximum absolute atomic E-state index is 12.2. The van der Waals surface area contributed by atoms with Gasteiger partial charge in [0, 0.05) is 37.1 Å². The molecule has 96 valence electrons. The third-order valence-corrected chi connectivity index (χ3v) is 5.39. The summed E-state index contributed by atoms with van der Waals surface area (Å²) in [4.78, 5) is 2.77. The van der Waals surface area contributed by atoms with Crippen LogP contribution in [-0.2, 0) is 10.2 Å². The highest BCUT2D eigenvalue weighted by atomic mass is 32.2. The second-order valence-electron chi connectivity index (χ2n) is 4.45. The molecule has 0 radical (unpaired) electrons. The van der Waals surface area contributed by atoms with Crippen LogP contribution >= 0.6 is 0 Å². The van der Waals surface area contributed by atoms with Gasteiger partial charge in [0.05, 0.1) is 0 Å². The highest BCUT2D eigenvalue weighted by Gasteiger charge is 2.33. The molecule has 0 aliphatic carbocycles. The summed E-state index contributed by atoms with van der Waals surface area (Å²) in [6, 6.07) is -0.0509. The molecule has 0 amide bonds. The van der Waals surface area contributed by atoms with Gasteiger partial charge in [0.2, 0.25) is 0 Å². The van der Waals surface area contributed by atoms with Gasteiger partial charge in [-0.15, -0.1) is 0 Å². The molecule has 2 saturated heterocycles. The van der Waals surface area contributed by atoms with Crippen molar-refractivity contribution in [2.24, 2.45) is 5.11 Å². The van der Waals surface area contributed by atoms with Gasteiger partial charge in [-0.1, -0.05) is 5.11 Å². The summed E-state index contributed by atoms with van der Waals surface area (Å²) in [6.45, 7) is 2.20. The van der Waals surface area contributed by atoms with Crippen molar-refractivity contribution in [3.05, 3.63) is 10.4 Å². The van der Waals surface area contributed by atoms with Crippen molar-refractivity contribution in [2.45, 2.75) is 31.7 Å². The minimum atomic E-state index is -3.27. The van der Waals surface area contributed by atoms with E-state index in [2.05, 4.69) is 10.0 Å². The number of piperidine rings is 1. The number of hydrogen-bond acceptors (Lipinski definition) is 3. The Balaban J connectivity index is 1.97. The van der Waals surface area contributed by atoms with E-state index in [1.165, 1.54) is 4.31 Å². The van der Waals surface area contributed by atoms with Gasteiger partial charge in [0.1, 0.15) is 0 Å². The van der Waals surface area contributed by atoms with Crippen LogP contribution in [0.4, 0.5) is 0 Å². The predicted molar refractivity (Wildman–Crippen MR) is 63.5 cm³/mol. The van der Waals surface area contributed by atoms with Crippen LogP contribution in [0.15, 0.2) is 5.11 Å². The zero-order valence-electron chi connectivity index (χ0n) is 9.70. The van der Waals surface area contributed by atoms with Crippen LogP contribution in [0.2, 0.25) is 0 Å². The van der Waals surface area contributed by atoms with Crippen molar-refractivity contribution < 1.29 is 8.42 Å². The molecular weight excluding hydrogens is 242 g/mol. The maximum Gasteiger partial charge on any atom is 0.281 e. The van der Waals surface area contributed by atoms with Crippen LogP contribution < -0.4 is 0 Å². The standard InChI is InChI=1S/C9H17N5O2S/c10-12-11-9-3-7-14(8-4-9)17(15,16)13-5-1-2-6-13/h9H,1-8H2. The molecule has 2 aliphatic rings. The van der Waals surface area contributed by atoms with Gasteiger partial charge in [-0.3, -0.25) is 0 Å². The summed E-state index contributed by atoms with van der Waals surface area (Å²) < 4.78 is 27.5. The highest BCUT2D eigenvalue weighted by Crippen LogP contribution is 2.21. The van der Waals surface area contributed by atoms with Crippen LogP contribution in [0.25, 0.3) is 10.4 Å².